The third kappa shape index (κ3) is 4.10. The predicted molar refractivity (Wildman–Crippen MR) is 104 cm³/mol. The monoisotopic (exact) mass is 478 g/mol. The van der Waals surface area contributed by atoms with E-state index in [-0.39, 0.29) is 29.9 Å². The van der Waals surface area contributed by atoms with Crippen molar-refractivity contribution in [2.75, 3.05) is 6.26 Å². The van der Waals surface area contributed by atoms with Crippen molar-refractivity contribution in [3.8, 4) is 17.3 Å². The Labute approximate surface area is 176 Å². The van der Waals surface area contributed by atoms with E-state index in [1.54, 1.807) is 28.8 Å². The summed E-state index contributed by atoms with van der Waals surface area (Å²) in [6.07, 6.45) is 3.22. The third-order valence-electron chi connectivity index (χ3n) is 3.78. The Morgan fingerprint density at radius 1 is 1.21 bits per heavy atom. The maximum Gasteiger partial charge on any atom is 0.357 e. The number of aromatic nitrogens is 4. The van der Waals surface area contributed by atoms with Crippen LogP contribution in [-0.2, 0) is 11.3 Å². The fourth-order valence-corrected chi connectivity index (χ4v) is 3.36. The van der Waals surface area contributed by atoms with Crippen LogP contribution in [0.15, 0.2) is 61.3 Å². The molecule has 4 aromatic rings. The number of furan rings is 1. The summed E-state index contributed by atoms with van der Waals surface area (Å²) in [5.74, 6) is -0.343. The van der Waals surface area contributed by atoms with Crippen molar-refractivity contribution in [2.45, 2.75) is 11.8 Å². The van der Waals surface area contributed by atoms with Gasteiger partial charge >= 0.3 is 5.97 Å². The van der Waals surface area contributed by atoms with Crippen molar-refractivity contribution in [1.82, 2.24) is 19.7 Å². The molecule has 0 aliphatic heterocycles. The van der Waals surface area contributed by atoms with Gasteiger partial charge in [0.05, 0.1) is 6.20 Å². The van der Waals surface area contributed by atoms with Gasteiger partial charge in [0, 0.05) is 5.69 Å². The minimum atomic E-state index is -0.636. The Hall–Kier alpha value is -2.92. The summed E-state index contributed by atoms with van der Waals surface area (Å²) >= 11 is 4.54. The van der Waals surface area contributed by atoms with Crippen molar-refractivity contribution in [2.24, 2.45) is 0 Å². The molecule has 1 aromatic carbocycles. The van der Waals surface area contributed by atoms with Gasteiger partial charge in [-0.3, -0.25) is 4.57 Å². The lowest BCUT2D eigenvalue weighted by Crippen LogP contribution is -2.12. The van der Waals surface area contributed by atoms with Gasteiger partial charge < -0.3 is 13.6 Å². The first-order valence-electron chi connectivity index (χ1n) is 8.18. The van der Waals surface area contributed by atoms with E-state index in [2.05, 4.69) is 31.1 Å². The number of carbonyl (C=O) groups excluding carboxylic acids is 1. The van der Waals surface area contributed by atoms with Crippen LogP contribution in [0.1, 0.15) is 16.4 Å². The van der Waals surface area contributed by atoms with Crippen LogP contribution < -0.4 is 0 Å². The molecule has 0 atom stereocenters. The lowest BCUT2D eigenvalue weighted by Gasteiger charge is -2.10. The van der Waals surface area contributed by atoms with Gasteiger partial charge in [-0.2, -0.15) is 0 Å². The van der Waals surface area contributed by atoms with Crippen LogP contribution in [0.3, 0.4) is 0 Å². The van der Waals surface area contributed by atoms with E-state index in [4.69, 9.17) is 13.6 Å². The molecule has 0 radical (unpaired) electrons. The number of esters is 1. The van der Waals surface area contributed by atoms with Crippen molar-refractivity contribution in [3.05, 3.63) is 64.7 Å². The summed E-state index contributed by atoms with van der Waals surface area (Å²) in [4.78, 5) is 16.8. The summed E-state index contributed by atoms with van der Waals surface area (Å²) in [6, 6.07) is 9.08. The van der Waals surface area contributed by atoms with Crippen LogP contribution in [0.4, 0.5) is 4.39 Å². The van der Waals surface area contributed by atoms with Crippen molar-refractivity contribution in [3.63, 3.8) is 0 Å². The molecule has 0 bridgehead atoms. The van der Waals surface area contributed by atoms with E-state index >= 15 is 0 Å². The fraction of sp³-hybridized carbons (Fsp3) is 0.111. The van der Waals surface area contributed by atoms with Gasteiger partial charge in [0.2, 0.25) is 0 Å². The van der Waals surface area contributed by atoms with Crippen LogP contribution in [0.5, 0.6) is 0 Å². The van der Waals surface area contributed by atoms with Gasteiger partial charge in [0.1, 0.15) is 5.82 Å². The number of thioether (sulfide) groups is 1. The number of nitrogens with zero attached hydrogens (tertiary/aromatic N) is 4. The Balaban J connectivity index is 1.51. The molecule has 0 aliphatic rings. The molecule has 148 valence electrons. The molecule has 0 saturated carbocycles. The van der Waals surface area contributed by atoms with Crippen LogP contribution in [-0.4, -0.2) is 32.0 Å². The van der Waals surface area contributed by atoms with Gasteiger partial charge in [-0.05, 0) is 58.6 Å². The Morgan fingerprint density at radius 2 is 2.00 bits per heavy atom. The van der Waals surface area contributed by atoms with E-state index in [0.717, 1.165) is 0 Å². The minimum absolute atomic E-state index is 0.110. The summed E-state index contributed by atoms with van der Waals surface area (Å²) in [5, 5.41) is 8.27. The molecule has 0 fully saturated rings. The van der Waals surface area contributed by atoms with Crippen molar-refractivity contribution < 1.29 is 22.8 Å². The molecular formula is C18H12BrFN4O4S. The first-order chi connectivity index (χ1) is 14.0. The van der Waals surface area contributed by atoms with E-state index in [1.165, 1.54) is 30.1 Å². The summed E-state index contributed by atoms with van der Waals surface area (Å²) in [5.41, 5.74) is 0.777. The maximum absolute atomic E-state index is 13.3. The highest BCUT2D eigenvalue weighted by molar-refractivity contribution is 9.10. The van der Waals surface area contributed by atoms with Crippen LogP contribution in [0.2, 0.25) is 0 Å². The van der Waals surface area contributed by atoms with Gasteiger partial charge in [-0.15, -0.1) is 10.2 Å². The quantitative estimate of drug-likeness (QED) is 0.295. The van der Waals surface area contributed by atoms with Crippen molar-refractivity contribution in [1.29, 1.82) is 0 Å². The molecule has 4 rings (SSSR count). The number of rotatable bonds is 6. The smallest absolute Gasteiger partial charge is 0.357 e. The van der Waals surface area contributed by atoms with Gasteiger partial charge in [-0.25, -0.2) is 14.2 Å². The first kappa shape index (κ1) is 19.4. The molecule has 0 N–H and O–H groups in total. The van der Waals surface area contributed by atoms with E-state index in [1.807, 2.05) is 6.26 Å². The maximum atomic E-state index is 13.3. The molecule has 0 unspecified atom stereocenters. The van der Waals surface area contributed by atoms with E-state index in [0.29, 0.717) is 21.3 Å². The zero-order chi connectivity index (χ0) is 20.4. The van der Waals surface area contributed by atoms with Crippen LogP contribution in [0, 0.1) is 5.82 Å². The second-order valence-electron chi connectivity index (χ2n) is 5.62. The first-order valence-corrected chi connectivity index (χ1v) is 10.2. The lowest BCUT2D eigenvalue weighted by atomic mass is 10.3. The molecular weight excluding hydrogens is 467 g/mol. The highest BCUT2D eigenvalue weighted by Gasteiger charge is 2.20. The molecule has 0 saturated heterocycles. The predicted octanol–water partition coefficient (Wildman–Crippen LogP) is 4.50. The number of hydrogen-bond donors (Lipinski definition) is 0. The molecule has 0 spiro atoms. The Kier molecular flexibility index (Phi) is 5.49. The molecule has 0 amide bonds. The number of hydrogen-bond acceptors (Lipinski definition) is 8. The summed E-state index contributed by atoms with van der Waals surface area (Å²) in [7, 11) is 0. The molecule has 29 heavy (non-hydrogen) atoms. The second-order valence-corrected chi connectivity index (χ2v) is 7.18. The van der Waals surface area contributed by atoms with Gasteiger partial charge in [0.15, 0.2) is 27.9 Å². The fourth-order valence-electron chi connectivity index (χ4n) is 2.50. The average Bonchev–Trinajstić information content (AvgIpc) is 3.45. The standard InChI is InChI=1S/C18H12BrFN4O4S/c1-29-18-21-8-12(24(18)11-4-2-10(20)3-5-11)17(25)26-9-15-22-23-16(28-15)13-6-7-14(19)27-13/h2-8H,9H2,1H3. The Bertz CT molecular complexity index is 1160. The Morgan fingerprint density at radius 3 is 2.69 bits per heavy atom. The third-order valence-corrected chi connectivity index (χ3v) is 4.86. The number of benzene rings is 1. The van der Waals surface area contributed by atoms with Crippen LogP contribution in [0.25, 0.3) is 17.3 Å². The summed E-state index contributed by atoms with van der Waals surface area (Å²) < 4.78 is 31.4. The number of halogens is 2. The minimum Gasteiger partial charge on any atom is -0.451 e. The largest absolute Gasteiger partial charge is 0.451 e. The zero-order valence-electron chi connectivity index (χ0n) is 14.8. The topological polar surface area (TPSA) is 96.2 Å². The SMILES string of the molecule is CSc1ncc(C(=O)OCc2nnc(-c3ccc(Br)o3)o2)n1-c1ccc(F)cc1. The lowest BCUT2D eigenvalue weighted by molar-refractivity contribution is 0.0428. The van der Waals surface area contributed by atoms with Crippen molar-refractivity contribution >= 4 is 33.7 Å². The van der Waals surface area contributed by atoms with E-state index in [9.17, 15) is 9.18 Å². The summed E-state index contributed by atoms with van der Waals surface area (Å²) in [6.45, 7) is -0.225. The van der Waals surface area contributed by atoms with Gasteiger partial charge in [-0.1, -0.05) is 11.8 Å². The average molecular weight is 479 g/mol. The molecule has 11 heteroatoms. The number of imidazole rings is 1. The van der Waals surface area contributed by atoms with Crippen LogP contribution >= 0.6 is 27.7 Å². The molecule has 0 aliphatic carbocycles. The van der Waals surface area contributed by atoms with Gasteiger partial charge in [0.25, 0.3) is 11.8 Å². The zero-order valence-corrected chi connectivity index (χ0v) is 17.2. The highest BCUT2D eigenvalue weighted by atomic mass is 79.9. The molecule has 8 nitrogen and oxygen atoms in total. The molecule has 3 aromatic heterocycles. The molecule has 3 heterocycles. The van der Waals surface area contributed by atoms with E-state index < -0.39 is 5.97 Å². The normalized spacial score (nSPS) is 11.0. The highest BCUT2D eigenvalue weighted by Crippen LogP contribution is 2.25. The second kappa shape index (κ2) is 8.21. The number of carbonyl (C=O) groups is 1. The number of ether oxygens (including phenoxy) is 1.